The van der Waals surface area contributed by atoms with E-state index in [0.717, 1.165) is 30.4 Å². The molecule has 3 N–H and O–H groups in total. The summed E-state index contributed by atoms with van der Waals surface area (Å²) in [6, 6.07) is 7.46. The van der Waals surface area contributed by atoms with E-state index in [0.29, 0.717) is 11.3 Å². The lowest BCUT2D eigenvalue weighted by atomic mass is 9.76. The van der Waals surface area contributed by atoms with Gasteiger partial charge in [0.25, 0.3) is 5.91 Å². The molecule has 2 amide bonds. The lowest BCUT2D eigenvalue weighted by Gasteiger charge is -2.44. The van der Waals surface area contributed by atoms with Crippen LogP contribution in [0.15, 0.2) is 42.6 Å². The summed E-state index contributed by atoms with van der Waals surface area (Å²) in [5.74, 6) is -0.414. The summed E-state index contributed by atoms with van der Waals surface area (Å²) in [4.78, 5) is 34.1. The van der Waals surface area contributed by atoms with E-state index in [4.69, 9.17) is 10.00 Å². The molecule has 0 radical (unpaired) electrons. The summed E-state index contributed by atoms with van der Waals surface area (Å²) in [5, 5.41) is 23.9. The second kappa shape index (κ2) is 10.3. The van der Waals surface area contributed by atoms with Gasteiger partial charge in [-0.3, -0.25) is 9.69 Å². The van der Waals surface area contributed by atoms with Gasteiger partial charge >= 0.3 is 6.09 Å². The number of hydrogen-bond acceptors (Lipinski definition) is 6. The van der Waals surface area contributed by atoms with E-state index < -0.39 is 28.7 Å². The Kier molecular flexibility index (Phi) is 7.46. The molecule has 1 aliphatic heterocycles. The van der Waals surface area contributed by atoms with Crippen molar-refractivity contribution in [2.45, 2.75) is 83.9 Å². The fourth-order valence-electron chi connectivity index (χ4n) is 5.91. The van der Waals surface area contributed by atoms with Crippen molar-refractivity contribution >= 4 is 23.3 Å². The monoisotopic (exact) mass is 545 g/mol. The number of benzene rings is 1. The predicted octanol–water partition coefficient (Wildman–Crippen LogP) is 5.90. The molecule has 0 fully saturated rings. The van der Waals surface area contributed by atoms with Crippen molar-refractivity contribution in [3.05, 3.63) is 65.3 Å². The highest BCUT2D eigenvalue weighted by Gasteiger charge is 2.50. The molecular weight excluding hydrogens is 506 g/mol. The number of methoxy groups -OCH3 is 1. The number of aromatic amines is 1. The van der Waals surface area contributed by atoms with Crippen molar-refractivity contribution in [1.82, 2.24) is 14.9 Å². The minimum atomic E-state index is -1.32. The van der Waals surface area contributed by atoms with Crippen LogP contribution in [0.3, 0.4) is 0 Å². The topological polar surface area (TPSA) is 131 Å². The van der Waals surface area contributed by atoms with E-state index >= 15 is 0 Å². The van der Waals surface area contributed by atoms with Crippen molar-refractivity contribution in [3.8, 4) is 6.07 Å². The molecule has 0 saturated heterocycles. The summed E-state index contributed by atoms with van der Waals surface area (Å²) in [5.41, 5.74) is 0.876. The van der Waals surface area contributed by atoms with Gasteiger partial charge in [0.2, 0.25) is 0 Å². The normalized spacial score (nSPS) is 22.7. The fraction of sp³-hybridized carbons (Fsp3) is 0.484. The summed E-state index contributed by atoms with van der Waals surface area (Å²) >= 11 is 0. The molecule has 2 atom stereocenters. The maximum absolute atomic E-state index is 13.0. The maximum atomic E-state index is 13.0. The van der Waals surface area contributed by atoms with Crippen LogP contribution >= 0.6 is 0 Å². The molecule has 40 heavy (non-hydrogen) atoms. The van der Waals surface area contributed by atoms with Crippen molar-refractivity contribution in [2.75, 3.05) is 12.4 Å². The van der Waals surface area contributed by atoms with Crippen molar-refractivity contribution in [1.29, 1.82) is 5.26 Å². The van der Waals surface area contributed by atoms with Crippen LogP contribution in [-0.4, -0.2) is 50.2 Å². The number of imidazole rings is 1. The van der Waals surface area contributed by atoms with Crippen molar-refractivity contribution < 1.29 is 19.4 Å². The van der Waals surface area contributed by atoms with Gasteiger partial charge in [-0.15, -0.1) is 0 Å². The van der Waals surface area contributed by atoms with E-state index in [1.807, 2.05) is 45.1 Å². The number of amides is 2. The van der Waals surface area contributed by atoms with E-state index in [-0.39, 0.29) is 23.4 Å². The molecule has 0 bridgehead atoms. The van der Waals surface area contributed by atoms with E-state index in [9.17, 15) is 14.7 Å². The van der Waals surface area contributed by atoms with Crippen LogP contribution in [0.1, 0.15) is 94.7 Å². The third-order valence-corrected chi connectivity index (χ3v) is 8.12. The Morgan fingerprint density at radius 3 is 2.58 bits per heavy atom. The quantitative estimate of drug-likeness (QED) is 0.387. The van der Waals surface area contributed by atoms with Gasteiger partial charge in [-0.1, -0.05) is 38.1 Å². The van der Waals surface area contributed by atoms with Crippen LogP contribution in [0.4, 0.5) is 10.5 Å². The zero-order valence-electron chi connectivity index (χ0n) is 24.4. The van der Waals surface area contributed by atoms with Gasteiger partial charge in [0.05, 0.1) is 30.0 Å². The van der Waals surface area contributed by atoms with Gasteiger partial charge in [0, 0.05) is 17.7 Å². The third-order valence-electron chi connectivity index (χ3n) is 8.12. The first-order valence-corrected chi connectivity index (χ1v) is 13.5. The molecule has 9 nitrogen and oxygen atoms in total. The van der Waals surface area contributed by atoms with Gasteiger partial charge in [0.15, 0.2) is 5.82 Å². The number of H-pyrrole nitrogens is 1. The van der Waals surface area contributed by atoms with Crippen molar-refractivity contribution in [2.24, 2.45) is 5.41 Å². The standard InChI is InChI=1S/C31H39N5O4/c1-28(2)12-10-20(11-13-28)23-16-21(8-9-24(23)35-26(37)25-33-18-22(17-32)34-25)31(6,39)19-30(5)15-14-29(3,4)36(30)27(38)40-7/h8-10,14-16,18,39H,11-13,19H2,1-7H3,(H,33,34)(H,35,37)/t30-,31-/m0/s1. The molecule has 1 aromatic carbocycles. The SMILES string of the molecule is COC(=O)N1C(C)(C)C=C[C@@]1(C)C[C@](C)(O)c1ccc(NC(=O)c2ncc(C#N)[nH]2)c(C2=CCC(C)(C)CC2)c1. The number of nitriles is 1. The maximum Gasteiger partial charge on any atom is 0.410 e. The van der Waals surface area contributed by atoms with Crippen LogP contribution in [-0.2, 0) is 10.3 Å². The first-order chi connectivity index (χ1) is 18.6. The minimum Gasteiger partial charge on any atom is -0.453 e. The summed E-state index contributed by atoms with van der Waals surface area (Å²) < 4.78 is 5.09. The molecule has 1 aromatic heterocycles. The summed E-state index contributed by atoms with van der Waals surface area (Å²) in [6.07, 6.45) is 9.92. The summed E-state index contributed by atoms with van der Waals surface area (Å²) in [6.45, 7) is 12.0. The Morgan fingerprint density at radius 2 is 1.98 bits per heavy atom. The second-order valence-electron chi connectivity index (χ2n) is 12.7. The second-order valence-corrected chi connectivity index (χ2v) is 12.7. The van der Waals surface area contributed by atoms with Crippen LogP contribution in [0.2, 0.25) is 0 Å². The minimum absolute atomic E-state index is 0.0452. The molecule has 9 heteroatoms. The Hall–Kier alpha value is -3.90. The largest absolute Gasteiger partial charge is 0.453 e. The number of carbonyl (C=O) groups is 2. The van der Waals surface area contributed by atoms with Crippen molar-refractivity contribution in [3.63, 3.8) is 0 Å². The number of carbonyl (C=O) groups excluding carboxylic acids is 2. The van der Waals surface area contributed by atoms with E-state index in [1.165, 1.54) is 13.3 Å². The van der Waals surface area contributed by atoms with Crippen LogP contribution < -0.4 is 5.32 Å². The Bertz CT molecular complexity index is 1430. The molecule has 2 aliphatic rings. The number of anilines is 1. The van der Waals surface area contributed by atoms with E-state index in [2.05, 4.69) is 35.2 Å². The van der Waals surface area contributed by atoms with Gasteiger partial charge in [-0.2, -0.15) is 5.26 Å². The predicted molar refractivity (Wildman–Crippen MR) is 153 cm³/mol. The average molecular weight is 546 g/mol. The van der Waals surface area contributed by atoms with Crippen LogP contribution in [0.25, 0.3) is 5.57 Å². The third kappa shape index (κ3) is 5.68. The highest BCUT2D eigenvalue weighted by molar-refractivity contribution is 6.03. The fourth-order valence-corrected chi connectivity index (χ4v) is 5.91. The molecule has 2 heterocycles. The summed E-state index contributed by atoms with van der Waals surface area (Å²) in [7, 11) is 1.36. The number of hydrogen-bond donors (Lipinski definition) is 3. The Balaban J connectivity index is 1.71. The van der Waals surface area contributed by atoms with Gasteiger partial charge in [0.1, 0.15) is 11.8 Å². The number of aromatic nitrogens is 2. The number of aliphatic hydroxyl groups is 1. The number of nitrogens with zero attached hydrogens (tertiary/aromatic N) is 3. The zero-order chi connectivity index (χ0) is 29.5. The zero-order valence-corrected chi connectivity index (χ0v) is 24.4. The molecule has 0 saturated carbocycles. The number of ether oxygens (including phenoxy) is 1. The van der Waals surface area contributed by atoms with E-state index in [1.54, 1.807) is 24.0 Å². The first-order valence-electron chi connectivity index (χ1n) is 13.5. The molecule has 0 unspecified atom stereocenters. The lowest BCUT2D eigenvalue weighted by molar-refractivity contribution is -0.0141. The van der Waals surface area contributed by atoms with Crippen LogP contribution in [0, 0.1) is 16.7 Å². The first kappa shape index (κ1) is 29.1. The van der Waals surface area contributed by atoms with Gasteiger partial charge < -0.3 is 20.1 Å². The molecule has 0 spiro atoms. The molecule has 4 rings (SSSR count). The number of nitrogens with one attached hydrogen (secondary N) is 2. The van der Waals surface area contributed by atoms with Crippen LogP contribution in [0.5, 0.6) is 0 Å². The molecule has 2 aromatic rings. The molecular formula is C31H39N5O4. The Morgan fingerprint density at radius 1 is 1.25 bits per heavy atom. The number of rotatable bonds is 6. The molecule has 212 valence electrons. The van der Waals surface area contributed by atoms with Gasteiger partial charge in [-0.25, -0.2) is 9.78 Å². The average Bonchev–Trinajstić information content (AvgIpc) is 3.45. The molecule has 1 aliphatic carbocycles. The number of allylic oxidation sites excluding steroid dienone is 2. The Labute approximate surface area is 235 Å². The lowest BCUT2D eigenvalue weighted by Crippen LogP contribution is -2.56. The van der Waals surface area contributed by atoms with Gasteiger partial charge in [-0.05, 0) is 75.6 Å². The smallest absolute Gasteiger partial charge is 0.410 e. The highest BCUT2D eigenvalue weighted by Crippen LogP contribution is 2.45. The highest BCUT2D eigenvalue weighted by atomic mass is 16.5.